The van der Waals surface area contributed by atoms with Crippen LogP contribution in [0.3, 0.4) is 0 Å². The van der Waals surface area contributed by atoms with Crippen LogP contribution in [0.4, 0.5) is 4.39 Å². The van der Waals surface area contributed by atoms with Crippen LogP contribution in [-0.2, 0) is 11.4 Å². The van der Waals surface area contributed by atoms with Crippen molar-refractivity contribution in [2.45, 2.75) is 19.6 Å². The fourth-order valence-electron chi connectivity index (χ4n) is 3.05. The third kappa shape index (κ3) is 5.96. The van der Waals surface area contributed by atoms with Crippen LogP contribution in [-0.4, -0.2) is 13.0 Å². The molecule has 1 amide bonds. The number of benzene rings is 3. The van der Waals surface area contributed by atoms with E-state index in [-0.39, 0.29) is 24.0 Å². The second-order valence-electron chi connectivity index (χ2n) is 7.10. The highest BCUT2D eigenvalue weighted by molar-refractivity contribution is 6.01. The summed E-state index contributed by atoms with van der Waals surface area (Å²) in [6, 6.07) is 22.4. The van der Waals surface area contributed by atoms with E-state index in [9.17, 15) is 14.4 Å². The molecule has 3 aromatic rings. The smallest absolute Gasteiger partial charge is 0.262 e. The number of nitrogens with one attached hydrogen (secondary N) is 1. The fourth-order valence-corrected chi connectivity index (χ4v) is 3.05. The molecule has 0 aliphatic rings. The Bertz CT molecular complexity index is 1140. The third-order valence-corrected chi connectivity index (χ3v) is 4.82. The predicted octanol–water partition coefficient (Wildman–Crippen LogP) is 5.20. The summed E-state index contributed by atoms with van der Waals surface area (Å²) in [4.78, 5) is 12.6. The zero-order valence-electron chi connectivity index (χ0n) is 17.8. The number of carbonyl (C=O) groups is 1. The average Bonchev–Trinajstić information content (AvgIpc) is 2.82. The van der Waals surface area contributed by atoms with Crippen LogP contribution in [0, 0.1) is 17.1 Å². The lowest BCUT2D eigenvalue weighted by Gasteiger charge is -2.14. The summed E-state index contributed by atoms with van der Waals surface area (Å²) in [5.74, 6) is 0.184. The number of amides is 1. The van der Waals surface area contributed by atoms with Gasteiger partial charge in [-0.1, -0.05) is 48.5 Å². The van der Waals surface area contributed by atoms with Gasteiger partial charge in [0.25, 0.3) is 5.91 Å². The van der Waals surface area contributed by atoms with E-state index < -0.39 is 5.91 Å². The average molecular weight is 430 g/mol. The summed E-state index contributed by atoms with van der Waals surface area (Å²) in [5, 5.41) is 12.3. The molecule has 1 atom stereocenters. The summed E-state index contributed by atoms with van der Waals surface area (Å²) in [6.07, 6.45) is 1.50. The number of nitrogens with zero attached hydrogens (tertiary/aromatic N) is 1. The zero-order chi connectivity index (χ0) is 22.9. The first-order valence-corrected chi connectivity index (χ1v) is 10.0. The topological polar surface area (TPSA) is 71.3 Å². The lowest BCUT2D eigenvalue weighted by molar-refractivity contribution is -0.117. The molecule has 162 valence electrons. The summed E-state index contributed by atoms with van der Waals surface area (Å²) in [6.45, 7) is 2.10. The molecule has 32 heavy (non-hydrogen) atoms. The van der Waals surface area contributed by atoms with Crippen molar-refractivity contribution >= 4 is 12.0 Å². The summed E-state index contributed by atoms with van der Waals surface area (Å²) >= 11 is 0. The minimum Gasteiger partial charge on any atom is -0.493 e. The molecule has 0 spiro atoms. The fraction of sp³-hybridized carbons (Fsp3) is 0.154. The van der Waals surface area contributed by atoms with Gasteiger partial charge in [-0.3, -0.25) is 4.79 Å². The second kappa shape index (κ2) is 10.8. The number of rotatable bonds is 8. The maximum atomic E-state index is 13.0. The van der Waals surface area contributed by atoms with Crippen molar-refractivity contribution < 1.29 is 18.7 Å². The highest BCUT2D eigenvalue weighted by Crippen LogP contribution is 2.30. The Kier molecular flexibility index (Phi) is 7.60. The molecule has 0 bridgehead atoms. The van der Waals surface area contributed by atoms with Gasteiger partial charge in [0.05, 0.1) is 13.2 Å². The number of ether oxygens (including phenoxy) is 2. The molecule has 0 aliphatic heterocycles. The SMILES string of the molecule is COc1cc(/C=C(\C#N)C(=O)N[C@@H](C)c2ccccc2)ccc1OCc1ccc(F)cc1. The Morgan fingerprint density at radius 3 is 2.47 bits per heavy atom. The molecule has 3 rings (SSSR count). The number of carbonyl (C=O) groups excluding carboxylic acids is 1. The van der Waals surface area contributed by atoms with E-state index in [1.165, 1.54) is 25.3 Å². The molecule has 1 N–H and O–H groups in total. The first-order valence-electron chi connectivity index (χ1n) is 10.0. The Labute approximate surface area is 186 Å². The van der Waals surface area contributed by atoms with Crippen LogP contribution in [0.2, 0.25) is 0 Å². The van der Waals surface area contributed by atoms with E-state index in [0.717, 1.165) is 11.1 Å². The first kappa shape index (κ1) is 22.6. The van der Waals surface area contributed by atoms with Crippen molar-refractivity contribution in [2.75, 3.05) is 7.11 Å². The maximum absolute atomic E-state index is 13.0. The van der Waals surface area contributed by atoms with E-state index in [1.807, 2.05) is 43.3 Å². The normalized spacial score (nSPS) is 11.9. The first-order chi connectivity index (χ1) is 15.5. The molecule has 0 aromatic heterocycles. The zero-order valence-corrected chi connectivity index (χ0v) is 17.8. The molecule has 6 heteroatoms. The van der Waals surface area contributed by atoms with Gasteiger partial charge in [0, 0.05) is 0 Å². The van der Waals surface area contributed by atoms with Crippen LogP contribution < -0.4 is 14.8 Å². The lowest BCUT2D eigenvalue weighted by Crippen LogP contribution is -2.27. The number of hydrogen-bond acceptors (Lipinski definition) is 4. The molecular weight excluding hydrogens is 407 g/mol. The van der Waals surface area contributed by atoms with Crippen molar-refractivity contribution in [1.82, 2.24) is 5.32 Å². The van der Waals surface area contributed by atoms with Gasteiger partial charge >= 0.3 is 0 Å². The molecule has 0 saturated heterocycles. The van der Waals surface area contributed by atoms with E-state index in [0.29, 0.717) is 17.1 Å². The molecule has 0 fully saturated rings. The minimum atomic E-state index is -0.459. The Hall–Kier alpha value is -4.11. The molecule has 0 radical (unpaired) electrons. The molecular formula is C26H23FN2O3. The predicted molar refractivity (Wildman–Crippen MR) is 120 cm³/mol. The summed E-state index contributed by atoms with van der Waals surface area (Å²) in [5.41, 5.74) is 2.36. The van der Waals surface area contributed by atoms with Crippen molar-refractivity contribution in [3.05, 3.63) is 101 Å². The van der Waals surface area contributed by atoms with Crippen molar-refractivity contribution in [1.29, 1.82) is 5.26 Å². The highest BCUT2D eigenvalue weighted by Gasteiger charge is 2.14. The van der Waals surface area contributed by atoms with Crippen LogP contribution >= 0.6 is 0 Å². The van der Waals surface area contributed by atoms with Gasteiger partial charge in [0.1, 0.15) is 24.1 Å². The second-order valence-corrected chi connectivity index (χ2v) is 7.10. The summed E-state index contributed by atoms with van der Waals surface area (Å²) in [7, 11) is 1.51. The third-order valence-electron chi connectivity index (χ3n) is 4.82. The van der Waals surface area contributed by atoms with Gasteiger partial charge in [-0.2, -0.15) is 5.26 Å². The number of methoxy groups -OCH3 is 1. The lowest BCUT2D eigenvalue weighted by atomic mass is 10.1. The molecule has 0 unspecified atom stereocenters. The molecule has 3 aromatic carbocycles. The van der Waals surface area contributed by atoms with E-state index in [4.69, 9.17) is 9.47 Å². The van der Waals surface area contributed by atoms with Crippen molar-refractivity contribution in [3.8, 4) is 17.6 Å². The van der Waals surface area contributed by atoms with Gasteiger partial charge in [-0.05, 0) is 54.0 Å². The van der Waals surface area contributed by atoms with Gasteiger partial charge in [-0.15, -0.1) is 0 Å². The van der Waals surface area contributed by atoms with Crippen LogP contribution in [0.5, 0.6) is 11.5 Å². The van der Waals surface area contributed by atoms with Crippen LogP contribution in [0.25, 0.3) is 6.08 Å². The quantitative estimate of drug-likeness (QED) is 0.394. The highest BCUT2D eigenvalue weighted by atomic mass is 19.1. The van der Waals surface area contributed by atoms with Crippen molar-refractivity contribution in [2.24, 2.45) is 0 Å². The Balaban J connectivity index is 1.72. The number of hydrogen-bond donors (Lipinski definition) is 1. The Morgan fingerprint density at radius 1 is 1.09 bits per heavy atom. The Morgan fingerprint density at radius 2 is 1.81 bits per heavy atom. The van der Waals surface area contributed by atoms with Gasteiger partial charge < -0.3 is 14.8 Å². The largest absolute Gasteiger partial charge is 0.493 e. The molecule has 0 aliphatic carbocycles. The summed E-state index contributed by atoms with van der Waals surface area (Å²) < 4.78 is 24.2. The van der Waals surface area contributed by atoms with Gasteiger partial charge in [-0.25, -0.2) is 4.39 Å². The number of nitriles is 1. The van der Waals surface area contributed by atoms with Crippen molar-refractivity contribution in [3.63, 3.8) is 0 Å². The monoisotopic (exact) mass is 430 g/mol. The van der Waals surface area contributed by atoms with Gasteiger partial charge in [0.15, 0.2) is 11.5 Å². The standard InChI is InChI=1S/C26H23FN2O3/c1-18(21-6-4-3-5-7-21)29-26(30)22(16-28)14-20-10-13-24(25(15-20)31-2)32-17-19-8-11-23(27)12-9-19/h3-15,18H,17H2,1-2H3,(H,29,30)/b22-14+/t18-/m0/s1. The van der Waals surface area contributed by atoms with E-state index in [2.05, 4.69) is 5.32 Å². The van der Waals surface area contributed by atoms with E-state index in [1.54, 1.807) is 30.3 Å². The van der Waals surface area contributed by atoms with E-state index >= 15 is 0 Å². The molecule has 5 nitrogen and oxygen atoms in total. The minimum absolute atomic E-state index is 0.0187. The molecule has 0 heterocycles. The van der Waals surface area contributed by atoms with Crippen LogP contribution in [0.1, 0.15) is 29.7 Å². The van der Waals surface area contributed by atoms with Crippen LogP contribution in [0.15, 0.2) is 78.4 Å². The molecule has 0 saturated carbocycles. The van der Waals surface area contributed by atoms with Gasteiger partial charge in [0.2, 0.25) is 0 Å². The number of halogens is 1. The maximum Gasteiger partial charge on any atom is 0.262 e.